The van der Waals surface area contributed by atoms with Crippen LogP contribution in [0.2, 0.25) is 0 Å². The van der Waals surface area contributed by atoms with E-state index in [4.69, 9.17) is 9.47 Å². The molecule has 0 saturated carbocycles. The van der Waals surface area contributed by atoms with E-state index in [9.17, 15) is 4.79 Å². The predicted octanol–water partition coefficient (Wildman–Crippen LogP) is 3.75. The number of aromatic nitrogens is 1. The number of fused-ring (bicyclic) bond motifs is 1. The van der Waals surface area contributed by atoms with Gasteiger partial charge < -0.3 is 14.5 Å². The number of hydrogen-bond acceptors (Lipinski definition) is 3. The summed E-state index contributed by atoms with van der Waals surface area (Å²) in [7, 11) is 0. The Morgan fingerprint density at radius 3 is 2.83 bits per heavy atom. The lowest BCUT2D eigenvalue weighted by molar-refractivity contribution is 0.0682. The van der Waals surface area contributed by atoms with Crippen LogP contribution in [0.1, 0.15) is 12.8 Å². The van der Waals surface area contributed by atoms with E-state index < -0.39 is 0 Å². The first-order valence-electron chi connectivity index (χ1n) is 8.26. The van der Waals surface area contributed by atoms with Crippen LogP contribution in [0.25, 0.3) is 21.9 Å². The van der Waals surface area contributed by atoms with Crippen LogP contribution in [-0.4, -0.2) is 24.3 Å². The zero-order valence-corrected chi connectivity index (χ0v) is 13.3. The van der Waals surface area contributed by atoms with Gasteiger partial charge in [0.15, 0.2) is 0 Å². The number of benzene rings is 2. The van der Waals surface area contributed by atoms with Crippen LogP contribution in [0.5, 0.6) is 5.75 Å². The topological polar surface area (TPSA) is 51.3 Å². The number of H-pyrrole nitrogens is 1. The van der Waals surface area contributed by atoms with Crippen molar-refractivity contribution >= 4 is 10.8 Å². The van der Waals surface area contributed by atoms with Crippen molar-refractivity contribution in [1.82, 2.24) is 4.98 Å². The van der Waals surface area contributed by atoms with Crippen LogP contribution >= 0.6 is 0 Å². The second-order valence-corrected chi connectivity index (χ2v) is 6.05. The lowest BCUT2D eigenvalue weighted by Gasteiger charge is -2.16. The maximum Gasteiger partial charge on any atom is 0.247 e. The number of ether oxygens (including phenoxy) is 2. The van der Waals surface area contributed by atoms with Crippen molar-refractivity contribution in [2.45, 2.75) is 18.9 Å². The highest BCUT2D eigenvalue weighted by molar-refractivity contribution is 5.99. The van der Waals surface area contributed by atoms with Gasteiger partial charge in [-0.1, -0.05) is 30.3 Å². The van der Waals surface area contributed by atoms with Crippen LogP contribution in [0.3, 0.4) is 0 Å². The molecule has 2 aromatic carbocycles. The monoisotopic (exact) mass is 321 g/mol. The van der Waals surface area contributed by atoms with Crippen molar-refractivity contribution in [3.05, 3.63) is 65.1 Å². The fraction of sp³-hybridized carbons (Fsp3) is 0.250. The molecule has 4 rings (SSSR count). The Hall–Kier alpha value is -2.59. The molecule has 1 saturated heterocycles. The van der Waals surface area contributed by atoms with Crippen molar-refractivity contribution in [2.75, 3.05) is 13.2 Å². The van der Waals surface area contributed by atoms with E-state index in [0.29, 0.717) is 6.61 Å². The molecule has 4 nitrogen and oxygen atoms in total. The summed E-state index contributed by atoms with van der Waals surface area (Å²) in [6.07, 6.45) is 4.04. The third kappa shape index (κ3) is 2.93. The summed E-state index contributed by atoms with van der Waals surface area (Å²) in [5.41, 5.74) is 1.83. The van der Waals surface area contributed by atoms with Crippen LogP contribution < -0.4 is 10.3 Å². The van der Waals surface area contributed by atoms with Crippen LogP contribution in [0, 0.1) is 0 Å². The maximum absolute atomic E-state index is 11.4. The minimum atomic E-state index is -0.110. The first kappa shape index (κ1) is 15.0. The molecule has 1 fully saturated rings. The van der Waals surface area contributed by atoms with Gasteiger partial charge in [0, 0.05) is 30.0 Å². The van der Waals surface area contributed by atoms with E-state index in [1.165, 1.54) is 0 Å². The van der Waals surface area contributed by atoms with E-state index in [2.05, 4.69) is 23.2 Å². The second kappa shape index (κ2) is 6.49. The average Bonchev–Trinajstić information content (AvgIpc) is 3.14. The molecule has 1 unspecified atom stereocenters. The molecule has 0 radical (unpaired) electrons. The maximum atomic E-state index is 11.4. The van der Waals surface area contributed by atoms with Gasteiger partial charge in [-0.2, -0.15) is 0 Å². The van der Waals surface area contributed by atoms with Crippen LogP contribution in [-0.2, 0) is 4.74 Å². The molecule has 24 heavy (non-hydrogen) atoms. The average molecular weight is 321 g/mol. The van der Waals surface area contributed by atoms with Crippen molar-refractivity contribution in [2.24, 2.45) is 0 Å². The Morgan fingerprint density at radius 2 is 2.04 bits per heavy atom. The summed E-state index contributed by atoms with van der Waals surface area (Å²) >= 11 is 0. The molecule has 0 aliphatic carbocycles. The fourth-order valence-corrected chi connectivity index (χ4v) is 3.19. The van der Waals surface area contributed by atoms with Crippen molar-refractivity contribution in [3.8, 4) is 16.9 Å². The molecule has 1 aliphatic rings. The second-order valence-electron chi connectivity index (χ2n) is 6.05. The van der Waals surface area contributed by atoms with E-state index in [0.717, 1.165) is 47.1 Å². The molecule has 1 N–H and O–H groups in total. The van der Waals surface area contributed by atoms with Gasteiger partial charge >= 0.3 is 0 Å². The summed E-state index contributed by atoms with van der Waals surface area (Å²) in [5.74, 6) is 0.816. The molecule has 0 amide bonds. The molecular formula is C20H19NO3. The number of aromatic amines is 1. The third-order valence-corrected chi connectivity index (χ3v) is 4.41. The Morgan fingerprint density at radius 1 is 1.12 bits per heavy atom. The zero-order valence-electron chi connectivity index (χ0n) is 13.3. The van der Waals surface area contributed by atoms with Gasteiger partial charge in [0.1, 0.15) is 12.4 Å². The van der Waals surface area contributed by atoms with E-state index in [1.807, 2.05) is 24.3 Å². The highest BCUT2D eigenvalue weighted by Gasteiger charge is 2.18. The minimum absolute atomic E-state index is 0.110. The SMILES string of the molecule is O=c1ccc(-c2c(OCC3CCCO3)ccc3ccccc23)c[nH]1. The van der Waals surface area contributed by atoms with Gasteiger partial charge in [-0.15, -0.1) is 0 Å². The van der Waals surface area contributed by atoms with Gasteiger partial charge in [-0.3, -0.25) is 4.79 Å². The number of rotatable bonds is 4. The minimum Gasteiger partial charge on any atom is -0.490 e. The molecule has 1 aromatic heterocycles. The lowest BCUT2D eigenvalue weighted by Crippen LogP contribution is -2.16. The fourth-order valence-electron chi connectivity index (χ4n) is 3.19. The Bertz CT molecular complexity index is 890. The standard InChI is InChI=1S/C20H19NO3/c22-19-10-8-15(12-21-19)20-17-6-2-1-4-14(17)7-9-18(20)24-13-16-5-3-11-23-16/h1-2,4,6-10,12,16H,3,5,11,13H2,(H,21,22). The molecular weight excluding hydrogens is 302 g/mol. The quantitative estimate of drug-likeness (QED) is 0.796. The van der Waals surface area contributed by atoms with Crippen molar-refractivity contribution in [3.63, 3.8) is 0 Å². The highest BCUT2D eigenvalue weighted by Crippen LogP contribution is 2.36. The molecule has 3 aromatic rings. The van der Waals surface area contributed by atoms with Crippen molar-refractivity contribution < 1.29 is 9.47 Å². The normalized spacial score (nSPS) is 17.2. The summed E-state index contributed by atoms with van der Waals surface area (Å²) in [4.78, 5) is 14.1. The smallest absolute Gasteiger partial charge is 0.247 e. The molecule has 0 bridgehead atoms. The first-order chi connectivity index (χ1) is 11.8. The Kier molecular flexibility index (Phi) is 4.05. The molecule has 1 aliphatic heterocycles. The van der Waals surface area contributed by atoms with E-state index in [1.54, 1.807) is 12.3 Å². The van der Waals surface area contributed by atoms with Crippen molar-refractivity contribution in [1.29, 1.82) is 0 Å². The Labute approximate surface area is 140 Å². The Balaban J connectivity index is 1.78. The summed E-state index contributed by atoms with van der Waals surface area (Å²) < 4.78 is 11.7. The number of pyridine rings is 1. The number of hydrogen-bond donors (Lipinski definition) is 1. The largest absolute Gasteiger partial charge is 0.490 e. The summed E-state index contributed by atoms with van der Waals surface area (Å²) in [6, 6.07) is 15.6. The molecule has 122 valence electrons. The molecule has 2 heterocycles. The van der Waals surface area contributed by atoms with Crippen LogP contribution in [0.15, 0.2) is 59.5 Å². The van der Waals surface area contributed by atoms with Gasteiger partial charge in [0.05, 0.1) is 6.10 Å². The molecule has 1 atom stereocenters. The highest BCUT2D eigenvalue weighted by atomic mass is 16.5. The summed E-state index contributed by atoms with van der Waals surface area (Å²) in [5, 5.41) is 2.25. The van der Waals surface area contributed by atoms with Gasteiger partial charge in [-0.25, -0.2) is 0 Å². The van der Waals surface area contributed by atoms with E-state index in [-0.39, 0.29) is 11.7 Å². The summed E-state index contributed by atoms with van der Waals surface area (Å²) in [6.45, 7) is 1.37. The first-order valence-corrected chi connectivity index (χ1v) is 8.26. The predicted molar refractivity (Wildman–Crippen MR) is 94.5 cm³/mol. The zero-order chi connectivity index (χ0) is 16.4. The molecule has 4 heteroatoms. The lowest BCUT2D eigenvalue weighted by atomic mass is 9.98. The van der Waals surface area contributed by atoms with E-state index >= 15 is 0 Å². The third-order valence-electron chi connectivity index (χ3n) is 4.41. The van der Waals surface area contributed by atoms with Gasteiger partial charge in [-0.05, 0) is 35.7 Å². The van der Waals surface area contributed by atoms with Gasteiger partial charge in [0.2, 0.25) is 5.56 Å². The van der Waals surface area contributed by atoms with Gasteiger partial charge in [0.25, 0.3) is 0 Å². The van der Waals surface area contributed by atoms with Crippen LogP contribution in [0.4, 0.5) is 0 Å². The molecule has 0 spiro atoms. The number of nitrogens with one attached hydrogen (secondary N) is 1.